The molecule has 0 saturated heterocycles. The van der Waals surface area contributed by atoms with Crippen molar-refractivity contribution < 1.29 is 14.3 Å². The average Bonchev–Trinajstić information content (AvgIpc) is 2.31. The molecule has 0 bridgehead atoms. The molecule has 0 aliphatic carbocycles. The number of aliphatic hydroxyl groups excluding tert-OH is 1. The average molecular weight is 305 g/mol. The number of urea groups is 1. The standard InChI is InChI=1S/C11H14BrFN2O2/c12-9-1-2-10(13)8(7-9)3-4-14-11(17)15-5-6-16/h1-2,7,16H,3-6H2,(H2,14,15,17). The number of carbonyl (C=O) groups excluding carboxylic acids is 1. The highest BCUT2D eigenvalue weighted by Crippen LogP contribution is 2.15. The minimum atomic E-state index is -0.366. The second-order valence-electron chi connectivity index (χ2n) is 3.39. The maximum absolute atomic E-state index is 13.3. The Hall–Kier alpha value is -1.14. The van der Waals surface area contributed by atoms with Crippen LogP contribution in [0.1, 0.15) is 5.56 Å². The third-order valence-corrected chi connectivity index (χ3v) is 2.58. The lowest BCUT2D eigenvalue weighted by atomic mass is 10.1. The quantitative estimate of drug-likeness (QED) is 0.770. The van der Waals surface area contributed by atoms with Gasteiger partial charge in [-0.15, -0.1) is 0 Å². The fraction of sp³-hybridized carbons (Fsp3) is 0.364. The number of rotatable bonds is 5. The second kappa shape index (κ2) is 7.24. The summed E-state index contributed by atoms with van der Waals surface area (Å²) in [6, 6.07) is 4.32. The Bertz CT molecular complexity index is 388. The van der Waals surface area contributed by atoms with E-state index >= 15 is 0 Å². The van der Waals surface area contributed by atoms with Crippen molar-refractivity contribution in [3.05, 3.63) is 34.1 Å². The molecular weight excluding hydrogens is 291 g/mol. The van der Waals surface area contributed by atoms with E-state index in [0.717, 1.165) is 4.47 Å². The van der Waals surface area contributed by atoms with Gasteiger partial charge in [-0.25, -0.2) is 9.18 Å². The third kappa shape index (κ3) is 5.14. The smallest absolute Gasteiger partial charge is 0.314 e. The molecule has 4 nitrogen and oxygen atoms in total. The fourth-order valence-corrected chi connectivity index (χ4v) is 1.69. The lowest BCUT2D eigenvalue weighted by Gasteiger charge is -2.07. The van der Waals surface area contributed by atoms with E-state index in [2.05, 4.69) is 26.6 Å². The van der Waals surface area contributed by atoms with Crippen LogP contribution in [0.25, 0.3) is 0 Å². The van der Waals surface area contributed by atoms with E-state index in [-0.39, 0.29) is 25.0 Å². The molecular formula is C11H14BrFN2O2. The topological polar surface area (TPSA) is 61.4 Å². The lowest BCUT2D eigenvalue weighted by Crippen LogP contribution is -2.38. The Morgan fingerprint density at radius 1 is 1.35 bits per heavy atom. The zero-order valence-corrected chi connectivity index (χ0v) is 10.8. The van der Waals surface area contributed by atoms with Crippen molar-refractivity contribution in [1.29, 1.82) is 0 Å². The van der Waals surface area contributed by atoms with Gasteiger partial charge in [0.25, 0.3) is 0 Å². The number of aliphatic hydroxyl groups is 1. The van der Waals surface area contributed by atoms with Gasteiger partial charge in [0, 0.05) is 17.6 Å². The van der Waals surface area contributed by atoms with Crippen molar-refractivity contribution in [3.63, 3.8) is 0 Å². The number of carbonyl (C=O) groups is 1. The highest BCUT2D eigenvalue weighted by molar-refractivity contribution is 9.10. The molecule has 0 aliphatic rings. The van der Waals surface area contributed by atoms with Gasteiger partial charge in [-0.2, -0.15) is 0 Å². The predicted octanol–water partition coefficient (Wildman–Crippen LogP) is 1.42. The van der Waals surface area contributed by atoms with Crippen LogP contribution in [0, 0.1) is 5.82 Å². The van der Waals surface area contributed by atoms with E-state index in [4.69, 9.17) is 5.11 Å². The van der Waals surface area contributed by atoms with Gasteiger partial charge in [-0.05, 0) is 30.2 Å². The van der Waals surface area contributed by atoms with Gasteiger partial charge < -0.3 is 15.7 Å². The van der Waals surface area contributed by atoms with Crippen molar-refractivity contribution in [2.75, 3.05) is 19.7 Å². The highest BCUT2D eigenvalue weighted by Gasteiger charge is 2.04. The highest BCUT2D eigenvalue weighted by atomic mass is 79.9. The summed E-state index contributed by atoms with van der Waals surface area (Å²) in [6.45, 7) is 0.440. The molecule has 0 radical (unpaired) electrons. The summed E-state index contributed by atoms with van der Waals surface area (Å²) in [5.41, 5.74) is 0.543. The summed E-state index contributed by atoms with van der Waals surface area (Å²) in [6.07, 6.45) is 0.415. The lowest BCUT2D eigenvalue weighted by molar-refractivity contribution is 0.234. The molecule has 94 valence electrons. The van der Waals surface area contributed by atoms with Gasteiger partial charge in [0.2, 0.25) is 0 Å². The van der Waals surface area contributed by atoms with Crippen molar-refractivity contribution in [1.82, 2.24) is 10.6 Å². The van der Waals surface area contributed by atoms with Crippen LogP contribution in [-0.4, -0.2) is 30.8 Å². The van der Waals surface area contributed by atoms with E-state index in [1.165, 1.54) is 6.07 Å². The van der Waals surface area contributed by atoms with Crippen molar-refractivity contribution >= 4 is 22.0 Å². The van der Waals surface area contributed by atoms with Crippen LogP contribution in [-0.2, 0) is 6.42 Å². The second-order valence-corrected chi connectivity index (χ2v) is 4.31. The maximum atomic E-state index is 13.3. The number of hydrogen-bond donors (Lipinski definition) is 3. The zero-order valence-electron chi connectivity index (χ0n) is 9.17. The molecule has 0 saturated carbocycles. The largest absolute Gasteiger partial charge is 0.395 e. The van der Waals surface area contributed by atoms with Crippen LogP contribution in [0.5, 0.6) is 0 Å². The van der Waals surface area contributed by atoms with Gasteiger partial charge in [0.05, 0.1) is 6.61 Å². The van der Waals surface area contributed by atoms with Crippen LogP contribution in [0.15, 0.2) is 22.7 Å². The summed E-state index contributed by atoms with van der Waals surface area (Å²) < 4.78 is 14.1. The molecule has 0 spiro atoms. The molecule has 0 heterocycles. The summed E-state index contributed by atoms with van der Waals surface area (Å²) in [5, 5.41) is 13.5. The number of benzene rings is 1. The van der Waals surface area contributed by atoms with Gasteiger partial charge in [-0.1, -0.05) is 15.9 Å². The Labute approximate surface area is 107 Å². The fourth-order valence-electron chi connectivity index (χ4n) is 1.28. The molecule has 1 aromatic carbocycles. The molecule has 1 aromatic rings. The Kier molecular flexibility index (Phi) is 5.93. The molecule has 0 unspecified atom stereocenters. The Morgan fingerprint density at radius 3 is 2.76 bits per heavy atom. The molecule has 6 heteroatoms. The first-order valence-electron chi connectivity index (χ1n) is 5.20. The first kappa shape index (κ1) is 13.9. The van der Waals surface area contributed by atoms with Crippen LogP contribution in [0.3, 0.4) is 0 Å². The van der Waals surface area contributed by atoms with E-state index < -0.39 is 0 Å². The molecule has 1 rings (SSSR count). The van der Waals surface area contributed by atoms with Gasteiger partial charge in [-0.3, -0.25) is 0 Å². The summed E-state index contributed by atoms with van der Waals surface area (Å²) in [4.78, 5) is 11.1. The first-order chi connectivity index (χ1) is 8.13. The van der Waals surface area contributed by atoms with E-state index in [1.807, 2.05) is 0 Å². The Morgan fingerprint density at radius 2 is 2.06 bits per heavy atom. The SMILES string of the molecule is O=C(NCCO)NCCc1cc(Br)ccc1F. The number of hydrogen-bond acceptors (Lipinski definition) is 2. The molecule has 0 fully saturated rings. The molecule has 0 atom stereocenters. The van der Waals surface area contributed by atoms with Crippen molar-refractivity contribution in [2.24, 2.45) is 0 Å². The van der Waals surface area contributed by atoms with Gasteiger partial charge in [0.15, 0.2) is 0 Å². The van der Waals surface area contributed by atoms with Crippen molar-refractivity contribution in [2.45, 2.75) is 6.42 Å². The monoisotopic (exact) mass is 304 g/mol. The van der Waals surface area contributed by atoms with Crippen LogP contribution in [0.2, 0.25) is 0 Å². The van der Waals surface area contributed by atoms with Crippen LogP contribution < -0.4 is 10.6 Å². The minimum absolute atomic E-state index is 0.103. The molecule has 0 aliphatic heterocycles. The minimum Gasteiger partial charge on any atom is -0.395 e. The van der Waals surface area contributed by atoms with Crippen LogP contribution >= 0.6 is 15.9 Å². The summed E-state index contributed by atoms with van der Waals surface area (Å²) in [7, 11) is 0. The summed E-state index contributed by atoms with van der Waals surface area (Å²) >= 11 is 3.26. The predicted molar refractivity (Wildman–Crippen MR) is 66.3 cm³/mol. The van der Waals surface area contributed by atoms with E-state index in [0.29, 0.717) is 18.5 Å². The number of nitrogens with one attached hydrogen (secondary N) is 2. The molecule has 0 aromatic heterocycles. The Balaban J connectivity index is 2.35. The number of halogens is 2. The molecule has 3 N–H and O–H groups in total. The first-order valence-corrected chi connectivity index (χ1v) is 5.99. The normalized spacial score (nSPS) is 10.1. The maximum Gasteiger partial charge on any atom is 0.314 e. The van der Waals surface area contributed by atoms with Crippen molar-refractivity contribution in [3.8, 4) is 0 Å². The number of amides is 2. The van der Waals surface area contributed by atoms with Crippen LogP contribution in [0.4, 0.5) is 9.18 Å². The summed E-state index contributed by atoms with van der Waals surface area (Å²) in [5.74, 6) is -0.286. The van der Waals surface area contributed by atoms with Gasteiger partial charge in [0.1, 0.15) is 5.82 Å². The van der Waals surface area contributed by atoms with E-state index in [1.54, 1.807) is 12.1 Å². The third-order valence-electron chi connectivity index (χ3n) is 2.09. The molecule has 2 amide bonds. The van der Waals surface area contributed by atoms with E-state index in [9.17, 15) is 9.18 Å². The van der Waals surface area contributed by atoms with Gasteiger partial charge >= 0.3 is 6.03 Å². The molecule has 17 heavy (non-hydrogen) atoms. The zero-order chi connectivity index (χ0) is 12.7.